The van der Waals surface area contributed by atoms with Gasteiger partial charge < -0.3 is 10.0 Å². The number of carbonyl (C=O) groups excluding carboxylic acids is 1. The number of halogens is 1. The molecule has 0 atom stereocenters. The molecule has 0 amide bonds. The molecule has 0 aliphatic heterocycles. The van der Waals surface area contributed by atoms with E-state index in [2.05, 4.69) is 30.8 Å². The number of aromatic hydroxyl groups is 1. The van der Waals surface area contributed by atoms with Gasteiger partial charge in [-0.05, 0) is 59.2 Å². The zero-order valence-electron chi connectivity index (χ0n) is 13.3. The van der Waals surface area contributed by atoms with Crippen molar-refractivity contribution < 1.29 is 9.90 Å². The average Bonchev–Trinajstić information content (AvgIpc) is 2.40. The minimum Gasteiger partial charge on any atom is -0.507 e. The monoisotopic (exact) mass is 312 g/mol. The summed E-state index contributed by atoms with van der Waals surface area (Å²) in [7, 11) is 4.11. The summed E-state index contributed by atoms with van der Waals surface area (Å²) in [6.07, 6.45) is 1.06. The Morgan fingerprint density at radius 3 is 2.48 bits per heavy atom. The SMILES string of the molecule is CCN(CCCN(C)C)Cc1cc(Cl)cc(C(C)=O)c1O. The molecule has 0 spiro atoms. The number of phenols is 1. The number of ketones is 1. The van der Waals surface area contributed by atoms with Crippen LogP contribution >= 0.6 is 11.6 Å². The van der Waals surface area contributed by atoms with Gasteiger partial charge in [-0.25, -0.2) is 0 Å². The van der Waals surface area contributed by atoms with Crippen LogP contribution < -0.4 is 0 Å². The van der Waals surface area contributed by atoms with Crippen LogP contribution in [0, 0.1) is 0 Å². The first-order valence-corrected chi connectivity index (χ1v) is 7.62. The van der Waals surface area contributed by atoms with Crippen molar-refractivity contribution in [1.29, 1.82) is 0 Å². The molecule has 0 saturated heterocycles. The highest BCUT2D eigenvalue weighted by atomic mass is 35.5. The molecular formula is C16H25ClN2O2. The lowest BCUT2D eigenvalue weighted by Gasteiger charge is -2.22. The molecule has 1 N–H and O–H groups in total. The van der Waals surface area contributed by atoms with Crippen molar-refractivity contribution in [2.75, 3.05) is 33.7 Å². The number of hydrogen-bond donors (Lipinski definition) is 1. The Morgan fingerprint density at radius 1 is 1.29 bits per heavy atom. The molecule has 0 unspecified atom stereocenters. The van der Waals surface area contributed by atoms with Crippen LogP contribution in [0.15, 0.2) is 12.1 Å². The number of nitrogens with zero attached hydrogens (tertiary/aromatic N) is 2. The first kappa shape index (κ1) is 18.0. The largest absolute Gasteiger partial charge is 0.507 e. The summed E-state index contributed by atoms with van der Waals surface area (Å²) in [6.45, 7) is 6.96. The highest BCUT2D eigenvalue weighted by Gasteiger charge is 2.15. The molecule has 0 aromatic heterocycles. The van der Waals surface area contributed by atoms with Gasteiger partial charge >= 0.3 is 0 Å². The highest BCUT2D eigenvalue weighted by molar-refractivity contribution is 6.31. The third-order valence-corrected chi connectivity index (χ3v) is 3.67. The number of Topliss-reactive ketones (excluding diaryl/α,β-unsaturated/α-hetero) is 1. The van der Waals surface area contributed by atoms with Crippen molar-refractivity contribution in [3.8, 4) is 5.75 Å². The third-order valence-electron chi connectivity index (χ3n) is 3.45. The van der Waals surface area contributed by atoms with Gasteiger partial charge in [-0.3, -0.25) is 9.69 Å². The van der Waals surface area contributed by atoms with Crippen LogP contribution in [0.3, 0.4) is 0 Å². The Balaban J connectivity index is 2.82. The smallest absolute Gasteiger partial charge is 0.163 e. The minimum absolute atomic E-state index is 0.0537. The van der Waals surface area contributed by atoms with Gasteiger partial charge in [-0.15, -0.1) is 0 Å². The Morgan fingerprint density at radius 2 is 1.95 bits per heavy atom. The lowest BCUT2D eigenvalue weighted by molar-refractivity contribution is 0.101. The molecule has 1 rings (SSSR count). The van der Waals surface area contributed by atoms with Crippen molar-refractivity contribution in [2.45, 2.75) is 26.8 Å². The van der Waals surface area contributed by atoms with Crippen LogP contribution in [0.4, 0.5) is 0 Å². The quantitative estimate of drug-likeness (QED) is 0.749. The van der Waals surface area contributed by atoms with E-state index in [1.54, 1.807) is 6.07 Å². The molecule has 0 radical (unpaired) electrons. The maximum atomic E-state index is 11.5. The van der Waals surface area contributed by atoms with Crippen molar-refractivity contribution in [3.05, 3.63) is 28.3 Å². The van der Waals surface area contributed by atoms with E-state index in [1.165, 1.54) is 13.0 Å². The molecule has 0 saturated carbocycles. The highest BCUT2D eigenvalue weighted by Crippen LogP contribution is 2.28. The van der Waals surface area contributed by atoms with Crippen LogP contribution in [-0.4, -0.2) is 54.4 Å². The van der Waals surface area contributed by atoms with Gasteiger partial charge in [0.25, 0.3) is 0 Å². The molecule has 0 bridgehead atoms. The number of benzene rings is 1. The van der Waals surface area contributed by atoms with Crippen LogP contribution in [0.25, 0.3) is 0 Å². The normalized spacial score (nSPS) is 11.4. The maximum absolute atomic E-state index is 11.5. The van der Waals surface area contributed by atoms with Crippen LogP contribution in [0.1, 0.15) is 36.2 Å². The van der Waals surface area contributed by atoms with Gasteiger partial charge in [-0.2, -0.15) is 0 Å². The van der Waals surface area contributed by atoms with Crippen LogP contribution in [0.5, 0.6) is 5.75 Å². The summed E-state index contributed by atoms with van der Waals surface area (Å²) in [5.74, 6) is -0.120. The summed E-state index contributed by atoms with van der Waals surface area (Å²) < 4.78 is 0. The van der Waals surface area contributed by atoms with Gasteiger partial charge in [0.15, 0.2) is 5.78 Å². The summed E-state index contributed by atoms with van der Waals surface area (Å²) in [5, 5.41) is 10.7. The zero-order chi connectivity index (χ0) is 16.0. The fourth-order valence-corrected chi connectivity index (χ4v) is 2.49. The first-order valence-electron chi connectivity index (χ1n) is 7.24. The Hall–Kier alpha value is -1.10. The minimum atomic E-state index is -0.174. The van der Waals surface area contributed by atoms with E-state index < -0.39 is 0 Å². The van der Waals surface area contributed by atoms with Crippen molar-refractivity contribution in [2.24, 2.45) is 0 Å². The number of phenolic OH excluding ortho intramolecular Hbond substituents is 1. The van der Waals surface area contributed by atoms with Gasteiger partial charge in [-0.1, -0.05) is 18.5 Å². The average molecular weight is 313 g/mol. The van der Waals surface area contributed by atoms with Crippen molar-refractivity contribution in [1.82, 2.24) is 9.80 Å². The second-order valence-electron chi connectivity index (χ2n) is 5.54. The molecule has 0 aliphatic carbocycles. The molecule has 21 heavy (non-hydrogen) atoms. The predicted molar refractivity (Wildman–Crippen MR) is 87.2 cm³/mol. The Labute approximate surface area is 132 Å². The molecule has 1 aromatic rings. The van der Waals surface area contributed by atoms with E-state index in [4.69, 9.17) is 11.6 Å². The Kier molecular flexibility index (Phi) is 7.15. The van der Waals surface area contributed by atoms with Gasteiger partial charge in [0.05, 0.1) is 5.56 Å². The summed E-state index contributed by atoms with van der Waals surface area (Å²) in [5.41, 5.74) is 1.00. The number of hydrogen-bond acceptors (Lipinski definition) is 4. The lowest BCUT2D eigenvalue weighted by Crippen LogP contribution is -2.27. The fraction of sp³-hybridized carbons (Fsp3) is 0.562. The van der Waals surface area contributed by atoms with Crippen molar-refractivity contribution >= 4 is 17.4 Å². The second kappa shape index (κ2) is 8.37. The van der Waals surface area contributed by atoms with E-state index in [-0.39, 0.29) is 11.5 Å². The fourth-order valence-electron chi connectivity index (χ4n) is 2.25. The van der Waals surface area contributed by atoms with Crippen molar-refractivity contribution in [3.63, 3.8) is 0 Å². The van der Waals surface area contributed by atoms with E-state index in [0.717, 1.165) is 26.1 Å². The molecular weight excluding hydrogens is 288 g/mol. The molecule has 5 heteroatoms. The van der Waals surface area contributed by atoms with E-state index in [1.807, 2.05) is 0 Å². The molecule has 118 valence electrons. The molecule has 4 nitrogen and oxygen atoms in total. The van der Waals surface area contributed by atoms with Gasteiger partial charge in [0.2, 0.25) is 0 Å². The molecule has 0 aliphatic rings. The first-order chi connectivity index (χ1) is 9.85. The summed E-state index contributed by atoms with van der Waals surface area (Å²) in [4.78, 5) is 15.9. The van der Waals surface area contributed by atoms with E-state index >= 15 is 0 Å². The standard InChI is InChI=1S/C16H25ClN2O2/c1-5-19(8-6-7-18(3)4)11-13-9-14(17)10-15(12(2)20)16(13)21/h9-10,21H,5-8,11H2,1-4H3. The summed E-state index contributed by atoms with van der Waals surface area (Å²) in [6, 6.07) is 3.25. The second-order valence-corrected chi connectivity index (χ2v) is 5.98. The predicted octanol–water partition coefficient (Wildman–Crippen LogP) is 3.02. The third kappa shape index (κ3) is 5.65. The Bertz CT molecular complexity index is 489. The molecule has 1 aromatic carbocycles. The number of rotatable bonds is 8. The van der Waals surface area contributed by atoms with E-state index in [9.17, 15) is 9.90 Å². The molecule has 0 fully saturated rings. The molecule has 0 heterocycles. The maximum Gasteiger partial charge on any atom is 0.163 e. The van der Waals surface area contributed by atoms with Crippen LogP contribution in [0.2, 0.25) is 5.02 Å². The van der Waals surface area contributed by atoms with E-state index in [0.29, 0.717) is 22.7 Å². The number of carbonyl (C=O) groups is 1. The topological polar surface area (TPSA) is 43.8 Å². The lowest BCUT2D eigenvalue weighted by atomic mass is 10.1. The van der Waals surface area contributed by atoms with Gasteiger partial charge in [0.1, 0.15) is 5.75 Å². The zero-order valence-corrected chi connectivity index (χ0v) is 14.1. The summed E-state index contributed by atoms with van der Waals surface area (Å²) >= 11 is 6.05. The van der Waals surface area contributed by atoms with Gasteiger partial charge in [0, 0.05) is 17.1 Å². The van der Waals surface area contributed by atoms with Crippen LogP contribution in [-0.2, 0) is 6.54 Å².